The number of hydrogen-bond acceptors (Lipinski definition) is 4. The van der Waals surface area contributed by atoms with Crippen molar-refractivity contribution in [3.05, 3.63) is 88.4 Å². The number of sulfonamides is 1. The van der Waals surface area contributed by atoms with Crippen molar-refractivity contribution in [3.8, 4) is 11.5 Å². The molecule has 156 valence electrons. The molecule has 0 radical (unpaired) electrons. The Kier molecular flexibility index (Phi) is 6.91. The minimum Gasteiger partial charge on any atom is -0.457 e. The molecule has 3 aromatic carbocycles. The van der Waals surface area contributed by atoms with Crippen LogP contribution in [0.25, 0.3) is 0 Å². The Labute approximate surface area is 184 Å². The normalized spacial score (nSPS) is 11.3. The lowest BCUT2D eigenvalue weighted by atomic mass is 10.1. The average molecular weight is 489 g/mol. The largest absolute Gasteiger partial charge is 0.457 e. The van der Waals surface area contributed by atoms with Crippen molar-refractivity contribution in [2.24, 2.45) is 0 Å². The second-order valence-corrected chi connectivity index (χ2v) is 9.61. The molecule has 0 aliphatic carbocycles. The highest BCUT2D eigenvalue weighted by Gasteiger charge is 2.22. The second-order valence-electron chi connectivity index (χ2n) is 6.64. The molecule has 0 spiro atoms. The van der Waals surface area contributed by atoms with Crippen LogP contribution < -0.4 is 10.1 Å². The fourth-order valence-corrected chi connectivity index (χ4v) is 4.53. The lowest BCUT2D eigenvalue weighted by Gasteiger charge is -2.15. The third kappa shape index (κ3) is 5.08. The van der Waals surface area contributed by atoms with Gasteiger partial charge in [-0.2, -0.15) is 0 Å². The maximum absolute atomic E-state index is 12.7. The Hall–Kier alpha value is -2.68. The van der Waals surface area contributed by atoms with E-state index in [4.69, 9.17) is 4.74 Å². The van der Waals surface area contributed by atoms with Crippen LogP contribution in [0.3, 0.4) is 0 Å². The second kappa shape index (κ2) is 9.42. The molecule has 0 fully saturated rings. The molecular formula is C22H21BrN2O4S. The zero-order valence-electron chi connectivity index (χ0n) is 16.5. The number of carbonyl (C=O) groups excluding carboxylic acids is 1. The highest BCUT2D eigenvalue weighted by molar-refractivity contribution is 9.10. The first kappa shape index (κ1) is 22.0. The first-order valence-electron chi connectivity index (χ1n) is 9.10. The van der Waals surface area contributed by atoms with Gasteiger partial charge in [-0.15, -0.1) is 0 Å². The maximum Gasteiger partial charge on any atom is 0.251 e. The van der Waals surface area contributed by atoms with E-state index in [0.717, 1.165) is 9.87 Å². The van der Waals surface area contributed by atoms with Crippen LogP contribution in [-0.4, -0.2) is 32.7 Å². The summed E-state index contributed by atoms with van der Waals surface area (Å²) in [7, 11) is -0.800. The number of rotatable bonds is 7. The summed E-state index contributed by atoms with van der Waals surface area (Å²) < 4.78 is 32.4. The predicted molar refractivity (Wildman–Crippen MR) is 119 cm³/mol. The van der Waals surface area contributed by atoms with Crippen LogP contribution in [0.2, 0.25) is 0 Å². The molecule has 6 nitrogen and oxygen atoms in total. The molecule has 0 saturated heterocycles. The molecule has 1 amide bonds. The first-order valence-corrected chi connectivity index (χ1v) is 11.3. The summed E-state index contributed by atoms with van der Waals surface area (Å²) in [5.74, 6) is 0.950. The van der Waals surface area contributed by atoms with Gasteiger partial charge in [0.1, 0.15) is 11.5 Å². The summed E-state index contributed by atoms with van der Waals surface area (Å²) in [6.45, 7) is 0.230. The highest BCUT2D eigenvalue weighted by Crippen LogP contribution is 2.26. The van der Waals surface area contributed by atoms with E-state index in [-0.39, 0.29) is 22.9 Å². The number of hydrogen-bond donors (Lipinski definition) is 1. The van der Waals surface area contributed by atoms with E-state index in [1.54, 1.807) is 12.1 Å². The fraction of sp³-hybridized carbons (Fsp3) is 0.136. The summed E-state index contributed by atoms with van der Waals surface area (Å²) in [5.41, 5.74) is 1.05. The van der Waals surface area contributed by atoms with Gasteiger partial charge >= 0.3 is 0 Å². The quantitative estimate of drug-likeness (QED) is 0.533. The smallest absolute Gasteiger partial charge is 0.251 e. The van der Waals surface area contributed by atoms with Crippen molar-refractivity contribution in [2.75, 3.05) is 14.1 Å². The average Bonchev–Trinajstić information content (AvgIpc) is 2.73. The van der Waals surface area contributed by atoms with Gasteiger partial charge in [0.25, 0.3) is 5.91 Å². The Balaban J connectivity index is 1.77. The molecule has 0 saturated carbocycles. The molecule has 3 rings (SSSR count). The van der Waals surface area contributed by atoms with E-state index in [1.807, 2.05) is 54.6 Å². The minimum atomic E-state index is -3.69. The van der Waals surface area contributed by atoms with E-state index in [1.165, 1.54) is 20.2 Å². The Morgan fingerprint density at radius 1 is 1.00 bits per heavy atom. The van der Waals surface area contributed by atoms with Gasteiger partial charge in [-0.05, 0) is 52.3 Å². The Bertz CT molecular complexity index is 1150. The van der Waals surface area contributed by atoms with Crippen LogP contribution in [0.5, 0.6) is 11.5 Å². The highest BCUT2D eigenvalue weighted by atomic mass is 79.9. The number of halogens is 1. The molecule has 0 aromatic heterocycles. The van der Waals surface area contributed by atoms with Crippen molar-refractivity contribution >= 4 is 31.9 Å². The first-order chi connectivity index (χ1) is 14.3. The van der Waals surface area contributed by atoms with Crippen LogP contribution >= 0.6 is 15.9 Å². The standard InChI is InChI=1S/C22H21BrN2O4S/c1-25(2)30(27,28)21-14-16(12-13-19(21)23)22(26)24-15-17-8-6-7-11-20(17)29-18-9-4-3-5-10-18/h3-14H,15H2,1-2H3,(H,24,26). The summed E-state index contributed by atoms with van der Waals surface area (Å²) in [6.07, 6.45) is 0. The van der Waals surface area contributed by atoms with Gasteiger partial charge in [0.2, 0.25) is 10.0 Å². The fourth-order valence-electron chi connectivity index (χ4n) is 2.68. The van der Waals surface area contributed by atoms with E-state index in [9.17, 15) is 13.2 Å². The molecular weight excluding hydrogens is 468 g/mol. The van der Waals surface area contributed by atoms with E-state index in [2.05, 4.69) is 21.2 Å². The number of amides is 1. The van der Waals surface area contributed by atoms with Crippen molar-refractivity contribution < 1.29 is 17.9 Å². The summed E-state index contributed by atoms with van der Waals surface area (Å²) in [6, 6.07) is 21.3. The van der Waals surface area contributed by atoms with Crippen LogP contribution in [0.15, 0.2) is 82.2 Å². The minimum absolute atomic E-state index is 0.0351. The van der Waals surface area contributed by atoms with Crippen molar-refractivity contribution in [2.45, 2.75) is 11.4 Å². The molecule has 0 unspecified atom stereocenters. The number of benzene rings is 3. The topological polar surface area (TPSA) is 75.7 Å². The van der Waals surface area contributed by atoms with Gasteiger partial charge < -0.3 is 10.1 Å². The molecule has 0 atom stereocenters. The van der Waals surface area contributed by atoms with Gasteiger partial charge in [-0.1, -0.05) is 36.4 Å². The molecule has 0 aliphatic heterocycles. The molecule has 8 heteroatoms. The third-order valence-corrected chi connectivity index (χ3v) is 7.14. The zero-order valence-corrected chi connectivity index (χ0v) is 18.9. The molecule has 30 heavy (non-hydrogen) atoms. The molecule has 3 aromatic rings. The lowest BCUT2D eigenvalue weighted by Crippen LogP contribution is -2.25. The maximum atomic E-state index is 12.7. The molecule has 1 N–H and O–H groups in total. The van der Waals surface area contributed by atoms with E-state index < -0.39 is 10.0 Å². The summed E-state index contributed by atoms with van der Waals surface area (Å²) >= 11 is 3.25. The van der Waals surface area contributed by atoms with Crippen LogP contribution in [0.4, 0.5) is 0 Å². The molecule has 0 bridgehead atoms. The van der Waals surface area contributed by atoms with Gasteiger partial charge in [0.05, 0.1) is 4.90 Å². The summed E-state index contributed by atoms with van der Waals surface area (Å²) in [5, 5.41) is 2.83. The number of nitrogens with one attached hydrogen (secondary N) is 1. The predicted octanol–water partition coefficient (Wildman–Crippen LogP) is 4.42. The molecule has 0 aliphatic rings. The SMILES string of the molecule is CN(C)S(=O)(=O)c1cc(C(=O)NCc2ccccc2Oc2ccccc2)ccc1Br. The van der Waals surface area contributed by atoms with E-state index >= 15 is 0 Å². The van der Waals surface area contributed by atoms with Gasteiger partial charge in [0, 0.05) is 36.2 Å². The number of carbonyl (C=O) groups is 1. The van der Waals surface area contributed by atoms with Gasteiger partial charge in [0.15, 0.2) is 0 Å². The van der Waals surface area contributed by atoms with Gasteiger partial charge in [-0.25, -0.2) is 12.7 Å². The summed E-state index contributed by atoms with van der Waals surface area (Å²) in [4.78, 5) is 12.7. The van der Waals surface area contributed by atoms with E-state index in [0.29, 0.717) is 16.0 Å². The molecule has 0 heterocycles. The number of para-hydroxylation sites is 2. The number of ether oxygens (including phenoxy) is 1. The van der Waals surface area contributed by atoms with Crippen LogP contribution in [0.1, 0.15) is 15.9 Å². The van der Waals surface area contributed by atoms with Crippen molar-refractivity contribution in [1.29, 1.82) is 0 Å². The van der Waals surface area contributed by atoms with Crippen LogP contribution in [-0.2, 0) is 16.6 Å². The zero-order chi connectivity index (χ0) is 21.7. The number of nitrogens with zero attached hydrogens (tertiary/aromatic N) is 1. The van der Waals surface area contributed by atoms with Gasteiger partial charge in [-0.3, -0.25) is 4.79 Å². The third-order valence-electron chi connectivity index (χ3n) is 4.34. The van der Waals surface area contributed by atoms with Crippen LogP contribution in [0, 0.1) is 0 Å². The Morgan fingerprint density at radius 3 is 2.37 bits per heavy atom. The van der Waals surface area contributed by atoms with Crippen molar-refractivity contribution in [3.63, 3.8) is 0 Å². The Morgan fingerprint density at radius 2 is 1.67 bits per heavy atom. The van der Waals surface area contributed by atoms with Crippen molar-refractivity contribution in [1.82, 2.24) is 9.62 Å². The lowest BCUT2D eigenvalue weighted by molar-refractivity contribution is 0.0950. The monoisotopic (exact) mass is 488 g/mol.